The Bertz CT molecular complexity index is 384. The Morgan fingerprint density at radius 3 is 2.79 bits per heavy atom. The van der Waals surface area contributed by atoms with E-state index in [-0.39, 0.29) is 0 Å². The van der Waals surface area contributed by atoms with Gasteiger partial charge in [0.2, 0.25) is 0 Å². The Kier molecular flexibility index (Phi) is 5.43. The summed E-state index contributed by atoms with van der Waals surface area (Å²) in [6.45, 7) is 9.31. The number of likely N-dealkylation sites (tertiary alicyclic amines) is 1. The fraction of sp³-hybridized carbons (Fsp3) is 0.750. The number of rotatable bonds is 5. The van der Waals surface area contributed by atoms with Crippen LogP contribution in [0.2, 0.25) is 0 Å². The van der Waals surface area contributed by atoms with Crippen LogP contribution in [0.5, 0.6) is 0 Å². The molecule has 2 heterocycles. The van der Waals surface area contributed by atoms with E-state index >= 15 is 0 Å². The Morgan fingerprint density at radius 2 is 2.21 bits per heavy atom. The van der Waals surface area contributed by atoms with E-state index < -0.39 is 0 Å². The Hall–Kier alpha value is -0.380. The topological polar surface area (TPSA) is 15.3 Å². The second kappa shape index (κ2) is 6.87. The third-order valence-electron chi connectivity index (χ3n) is 4.25. The van der Waals surface area contributed by atoms with Gasteiger partial charge in [0.15, 0.2) is 0 Å². The average Bonchev–Trinajstić information content (AvgIpc) is 2.87. The Balaban J connectivity index is 2.25. The number of nitrogens with zero attached hydrogens (tertiary/aromatic N) is 1. The molecule has 1 aliphatic rings. The fourth-order valence-corrected chi connectivity index (χ4v) is 4.47. The first-order valence-corrected chi connectivity index (χ1v) is 8.48. The highest BCUT2D eigenvalue weighted by Crippen LogP contribution is 2.40. The summed E-state index contributed by atoms with van der Waals surface area (Å²) in [6.07, 6.45) is 3.86. The molecule has 2 rings (SSSR count). The first kappa shape index (κ1) is 15.0. The van der Waals surface area contributed by atoms with Crippen LogP contribution in [0, 0.1) is 5.92 Å². The predicted octanol–water partition coefficient (Wildman–Crippen LogP) is 3.69. The second-order valence-corrected chi connectivity index (χ2v) is 7.09. The van der Waals surface area contributed by atoms with Crippen molar-refractivity contribution < 1.29 is 0 Å². The van der Waals surface area contributed by atoms with E-state index in [0.29, 0.717) is 12.1 Å². The zero-order valence-electron chi connectivity index (χ0n) is 12.8. The van der Waals surface area contributed by atoms with Gasteiger partial charge in [-0.15, -0.1) is 11.3 Å². The summed E-state index contributed by atoms with van der Waals surface area (Å²) in [5.41, 5.74) is 0. The molecule has 1 saturated heterocycles. The number of piperidine rings is 1. The quantitative estimate of drug-likeness (QED) is 0.885. The minimum Gasteiger partial charge on any atom is -0.319 e. The van der Waals surface area contributed by atoms with Crippen LogP contribution in [0.3, 0.4) is 0 Å². The number of nitrogens with one attached hydrogen (secondary N) is 1. The van der Waals surface area contributed by atoms with Crippen molar-refractivity contribution in [3.8, 4) is 0 Å². The molecule has 0 aromatic carbocycles. The molecule has 1 aromatic heterocycles. The van der Waals surface area contributed by atoms with Gasteiger partial charge in [0.05, 0.1) is 0 Å². The monoisotopic (exact) mass is 280 g/mol. The molecular weight excluding hydrogens is 252 g/mol. The van der Waals surface area contributed by atoms with Crippen LogP contribution in [-0.2, 0) is 6.42 Å². The molecule has 1 aliphatic heterocycles. The second-order valence-electron chi connectivity index (χ2n) is 5.89. The van der Waals surface area contributed by atoms with E-state index in [1.165, 1.54) is 24.3 Å². The van der Waals surface area contributed by atoms with Crippen LogP contribution < -0.4 is 5.32 Å². The molecule has 2 nitrogen and oxygen atoms in total. The van der Waals surface area contributed by atoms with Gasteiger partial charge in [-0.2, -0.15) is 0 Å². The Morgan fingerprint density at radius 1 is 1.42 bits per heavy atom. The van der Waals surface area contributed by atoms with Crippen molar-refractivity contribution in [3.05, 3.63) is 21.9 Å². The van der Waals surface area contributed by atoms with E-state index in [0.717, 1.165) is 18.9 Å². The predicted molar refractivity (Wildman–Crippen MR) is 84.9 cm³/mol. The summed E-state index contributed by atoms with van der Waals surface area (Å²) in [5.74, 6) is 0.754. The lowest BCUT2D eigenvalue weighted by molar-refractivity contribution is 0.0658. The first-order valence-electron chi connectivity index (χ1n) is 7.66. The van der Waals surface area contributed by atoms with E-state index in [9.17, 15) is 0 Å². The van der Waals surface area contributed by atoms with Crippen LogP contribution >= 0.6 is 11.3 Å². The van der Waals surface area contributed by atoms with Gasteiger partial charge in [0, 0.05) is 21.8 Å². The maximum atomic E-state index is 3.40. The fourth-order valence-electron chi connectivity index (χ4n) is 3.30. The standard InChI is InChI=1S/C16H28N2S/c1-5-14-8-9-15(19-14)16-13(11-17-4)7-6-10-18(16)12(2)3/h8-9,12-13,16-17H,5-7,10-11H2,1-4H3. The van der Waals surface area contributed by atoms with Crippen LogP contribution in [0.15, 0.2) is 12.1 Å². The lowest BCUT2D eigenvalue weighted by Gasteiger charge is -2.43. The third-order valence-corrected chi connectivity index (χ3v) is 5.55. The molecule has 1 fully saturated rings. The number of hydrogen-bond acceptors (Lipinski definition) is 3. The Labute approximate surface area is 122 Å². The molecule has 0 saturated carbocycles. The maximum Gasteiger partial charge on any atom is 0.0484 e. The highest BCUT2D eigenvalue weighted by Gasteiger charge is 2.34. The molecule has 0 amide bonds. The van der Waals surface area contributed by atoms with Gasteiger partial charge in [-0.1, -0.05) is 6.92 Å². The van der Waals surface area contributed by atoms with Gasteiger partial charge < -0.3 is 5.32 Å². The molecular formula is C16H28N2S. The summed E-state index contributed by atoms with van der Waals surface area (Å²) in [4.78, 5) is 5.80. The molecule has 0 spiro atoms. The zero-order chi connectivity index (χ0) is 13.8. The molecule has 2 atom stereocenters. The van der Waals surface area contributed by atoms with Gasteiger partial charge in [0.25, 0.3) is 0 Å². The van der Waals surface area contributed by atoms with Gasteiger partial charge in [-0.3, -0.25) is 4.90 Å². The molecule has 108 valence electrons. The van der Waals surface area contributed by atoms with Gasteiger partial charge in [-0.05, 0) is 71.3 Å². The van der Waals surface area contributed by atoms with Crippen molar-refractivity contribution in [3.63, 3.8) is 0 Å². The van der Waals surface area contributed by atoms with Crippen LogP contribution in [0.4, 0.5) is 0 Å². The number of aryl methyl sites for hydroxylation is 1. The molecule has 0 radical (unpaired) electrons. The normalized spacial score (nSPS) is 25.1. The summed E-state index contributed by atoms with van der Waals surface area (Å²) >= 11 is 2.02. The number of thiophene rings is 1. The molecule has 3 heteroatoms. The first-order chi connectivity index (χ1) is 9.17. The largest absolute Gasteiger partial charge is 0.319 e. The van der Waals surface area contributed by atoms with Crippen molar-refractivity contribution >= 4 is 11.3 Å². The van der Waals surface area contributed by atoms with Crippen LogP contribution in [-0.4, -0.2) is 31.1 Å². The summed E-state index contributed by atoms with van der Waals surface area (Å²) in [5, 5.41) is 3.40. The zero-order valence-corrected chi connectivity index (χ0v) is 13.6. The summed E-state index contributed by atoms with van der Waals surface area (Å²) < 4.78 is 0. The van der Waals surface area contributed by atoms with E-state index in [2.05, 4.69) is 50.2 Å². The smallest absolute Gasteiger partial charge is 0.0484 e. The maximum absolute atomic E-state index is 3.40. The average molecular weight is 280 g/mol. The minimum absolute atomic E-state index is 0.617. The molecule has 19 heavy (non-hydrogen) atoms. The third kappa shape index (κ3) is 3.39. The number of hydrogen-bond donors (Lipinski definition) is 1. The van der Waals surface area contributed by atoms with Gasteiger partial charge in [0.1, 0.15) is 0 Å². The molecule has 2 unspecified atom stereocenters. The van der Waals surface area contributed by atoms with E-state index in [1.54, 1.807) is 4.88 Å². The molecule has 1 aromatic rings. The lowest BCUT2D eigenvalue weighted by Crippen LogP contribution is -2.45. The van der Waals surface area contributed by atoms with Crippen molar-refractivity contribution in [2.45, 2.75) is 52.1 Å². The van der Waals surface area contributed by atoms with Crippen molar-refractivity contribution in [2.75, 3.05) is 20.1 Å². The molecule has 0 aliphatic carbocycles. The van der Waals surface area contributed by atoms with Gasteiger partial charge in [-0.25, -0.2) is 0 Å². The summed E-state index contributed by atoms with van der Waals surface area (Å²) in [7, 11) is 2.08. The summed E-state index contributed by atoms with van der Waals surface area (Å²) in [6, 6.07) is 5.95. The van der Waals surface area contributed by atoms with Crippen molar-refractivity contribution in [1.29, 1.82) is 0 Å². The highest BCUT2D eigenvalue weighted by molar-refractivity contribution is 7.12. The van der Waals surface area contributed by atoms with Crippen molar-refractivity contribution in [2.24, 2.45) is 5.92 Å². The van der Waals surface area contributed by atoms with E-state index in [4.69, 9.17) is 0 Å². The van der Waals surface area contributed by atoms with Crippen LogP contribution in [0.25, 0.3) is 0 Å². The van der Waals surface area contributed by atoms with Gasteiger partial charge >= 0.3 is 0 Å². The van der Waals surface area contributed by atoms with Crippen molar-refractivity contribution in [1.82, 2.24) is 10.2 Å². The lowest BCUT2D eigenvalue weighted by atomic mass is 9.87. The SMILES string of the molecule is CCc1ccc(C2C(CNC)CCCN2C(C)C)s1. The van der Waals surface area contributed by atoms with E-state index in [1.807, 2.05) is 11.3 Å². The molecule has 1 N–H and O–H groups in total. The highest BCUT2D eigenvalue weighted by atomic mass is 32.1. The van der Waals surface area contributed by atoms with Crippen LogP contribution in [0.1, 0.15) is 49.4 Å². The minimum atomic E-state index is 0.617. The molecule has 0 bridgehead atoms.